The van der Waals surface area contributed by atoms with Gasteiger partial charge < -0.3 is 5.11 Å². The van der Waals surface area contributed by atoms with E-state index in [9.17, 15) is 13.2 Å². The van der Waals surface area contributed by atoms with Gasteiger partial charge in [-0.25, -0.2) is 13.2 Å². The highest BCUT2D eigenvalue weighted by atomic mass is 32.2. The van der Waals surface area contributed by atoms with Crippen LogP contribution >= 0.6 is 0 Å². The lowest BCUT2D eigenvalue weighted by molar-refractivity contribution is 0.0696. The van der Waals surface area contributed by atoms with Crippen molar-refractivity contribution in [2.75, 3.05) is 13.1 Å². The number of benzene rings is 1. The van der Waals surface area contributed by atoms with Gasteiger partial charge >= 0.3 is 5.97 Å². The number of aromatic carboxylic acids is 1. The van der Waals surface area contributed by atoms with E-state index in [1.54, 1.807) is 0 Å². The van der Waals surface area contributed by atoms with Gasteiger partial charge in [-0.15, -0.1) is 0 Å². The van der Waals surface area contributed by atoms with E-state index in [4.69, 9.17) is 5.11 Å². The molecule has 6 heteroatoms. The Hall–Kier alpha value is -1.40. The Morgan fingerprint density at radius 2 is 1.43 bits per heavy atom. The van der Waals surface area contributed by atoms with E-state index in [0.717, 1.165) is 38.5 Å². The average molecular weight is 341 g/mol. The Morgan fingerprint density at radius 1 is 0.957 bits per heavy atom. The number of carboxylic acids is 1. The first-order chi connectivity index (χ1) is 10.9. The van der Waals surface area contributed by atoms with Crippen LogP contribution in [0, 0.1) is 0 Å². The Bertz CT molecular complexity index is 571. The molecule has 0 spiro atoms. The monoisotopic (exact) mass is 341 g/mol. The molecule has 0 saturated carbocycles. The second kappa shape index (κ2) is 9.67. The predicted molar refractivity (Wildman–Crippen MR) is 91.2 cm³/mol. The minimum absolute atomic E-state index is 0.0902. The van der Waals surface area contributed by atoms with Gasteiger partial charge in [0.05, 0.1) is 10.5 Å². The number of sulfonamides is 1. The van der Waals surface area contributed by atoms with Crippen LogP contribution in [-0.4, -0.2) is 36.9 Å². The maximum atomic E-state index is 12.8. The van der Waals surface area contributed by atoms with Crippen LogP contribution in [-0.2, 0) is 10.0 Å². The largest absolute Gasteiger partial charge is 0.478 e. The molecule has 0 amide bonds. The van der Waals surface area contributed by atoms with Gasteiger partial charge in [-0.3, -0.25) is 0 Å². The van der Waals surface area contributed by atoms with Crippen LogP contribution in [0.2, 0.25) is 0 Å². The van der Waals surface area contributed by atoms with Crippen LogP contribution in [0.5, 0.6) is 0 Å². The fraction of sp³-hybridized carbons (Fsp3) is 0.588. The predicted octanol–water partition coefficient (Wildman–Crippen LogP) is 3.76. The van der Waals surface area contributed by atoms with Crippen molar-refractivity contribution < 1.29 is 18.3 Å². The van der Waals surface area contributed by atoms with Crippen LogP contribution in [0.15, 0.2) is 29.2 Å². The van der Waals surface area contributed by atoms with Crippen molar-refractivity contribution >= 4 is 16.0 Å². The molecule has 0 aromatic heterocycles. The van der Waals surface area contributed by atoms with Crippen molar-refractivity contribution in [2.24, 2.45) is 0 Å². The summed E-state index contributed by atoms with van der Waals surface area (Å²) in [4.78, 5) is 11.0. The quantitative estimate of drug-likeness (QED) is 0.622. The summed E-state index contributed by atoms with van der Waals surface area (Å²) in [5, 5.41) is 8.91. The summed E-state index contributed by atoms with van der Waals surface area (Å²) in [6, 6.07) is 5.44. The molecule has 1 rings (SSSR count). The normalized spacial score (nSPS) is 11.8. The lowest BCUT2D eigenvalue weighted by Gasteiger charge is -2.22. The molecular formula is C17H27NO4S. The van der Waals surface area contributed by atoms with Gasteiger partial charge in [0.1, 0.15) is 0 Å². The fourth-order valence-corrected chi connectivity index (χ4v) is 3.86. The average Bonchev–Trinajstić information content (AvgIpc) is 2.53. The summed E-state index contributed by atoms with van der Waals surface area (Å²) in [6.07, 6.45) is 5.76. The fourth-order valence-electron chi connectivity index (χ4n) is 2.35. The minimum Gasteiger partial charge on any atom is -0.478 e. The molecule has 0 radical (unpaired) electrons. The molecule has 5 nitrogen and oxygen atoms in total. The van der Waals surface area contributed by atoms with Crippen molar-refractivity contribution in [1.82, 2.24) is 4.31 Å². The first-order valence-electron chi connectivity index (χ1n) is 8.27. The second-order valence-corrected chi connectivity index (χ2v) is 7.59. The number of unbranched alkanes of at least 4 members (excludes halogenated alkanes) is 4. The molecule has 1 N–H and O–H groups in total. The van der Waals surface area contributed by atoms with Gasteiger partial charge in [0.15, 0.2) is 0 Å². The van der Waals surface area contributed by atoms with E-state index in [2.05, 4.69) is 13.8 Å². The highest BCUT2D eigenvalue weighted by molar-refractivity contribution is 7.89. The number of rotatable bonds is 11. The topological polar surface area (TPSA) is 74.7 Å². The van der Waals surface area contributed by atoms with Gasteiger partial charge in [0.2, 0.25) is 10.0 Å². The van der Waals surface area contributed by atoms with Gasteiger partial charge in [0.25, 0.3) is 0 Å². The van der Waals surface area contributed by atoms with Crippen molar-refractivity contribution in [3.05, 3.63) is 29.8 Å². The molecule has 23 heavy (non-hydrogen) atoms. The SMILES string of the molecule is CCCCCN(CCCCC)S(=O)(=O)c1ccc(C(=O)O)cc1. The summed E-state index contributed by atoms with van der Waals surface area (Å²) in [6.45, 7) is 5.20. The van der Waals surface area contributed by atoms with Crippen LogP contribution < -0.4 is 0 Å². The molecule has 0 fully saturated rings. The summed E-state index contributed by atoms with van der Waals surface area (Å²) < 4.78 is 27.1. The molecule has 130 valence electrons. The second-order valence-electron chi connectivity index (χ2n) is 5.65. The van der Waals surface area contributed by atoms with Gasteiger partial charge in [-0.1, -0.05) is 39.5 Å². The summed E-state index contributed by atoms with van der Waals surface area (Å²) in [7, 11) is -3.56. The first kappa shape index (κ1) is 19.6. The zero-order chi connectivity index (χ0) is 17.3. The van der Waals surface area contributed by atoms with Crippen LogP contribution in [0.1, 0.15) is 62.7 Å². The van der Waals surface area contributed by atoms with E-state index < -0.39 is 16.0 Å². The number of hydrogen-bond donors (Lipinski definition) is 1. The molecule has 0 saturated heterocycles. The van der Waals surface area contributed by atoms with E-state index in [0.29, 0.717) is 13.1 Å². The maximum Gasteiger partial charge on any atom is 0.335 e. The molecule has 0 aliphatic rings. The van der Waals surface area contributed by atoms with Gasteiger partial charge in [0, 0.05) is 13.1 Å². The van der Waals surface area contributed by atoms with Crippen molar-refractivity contribution in [2.45, 2.75) is 57.3 Å². The smallest absolute Gasteiger partial charge is 0.335 e. The lowest BCUT2D eigenvalue weighted by atomic mass is 10.2. The van der Waals surface area contributed by atoms with E-state index >= 15 is 0 Å². The zero-order valence-electron chi connectivity index (χ0n) is 14.0. The Balaban J connectivity index is 2.92. The van der Waals surface area contributed by atoms with Crippen molar-refractivity contribution in [3.63, 3.8) is 0 Å². The molecule has 0 aliphatic heterocycles. The molecule has 0 unspecified atom stereocenters. The standard InChI is InChI=1S/C17H27NO4S/c1-3-5-7-13-18(14-8-6-4-2)23(21,22)16-11-9-15(10-12-16)17(19)20/h9-12H,3-8,13-14H2,1-2H3,(H,19,20). The number of hydrogen-bond acceptors (Lipinski definition) is 3. The molecule has 1 aromatic rings. The van der Waals surface area contributed by atoms with E-state index in [1.807, 2.05) is 0 Å². The van der Waals surface area contributed by atoms with Gasteiger partial charge in [-0.2, -0.15) is 4.31 Å². The van der Waals surface area contributed by atoms with Crippen LogP contribution in [0.3, 0.4) is 0 Å². The summed E-state index contributed by atoms with van der Waals surface area (Å²) >= 11 is 0. The van der Waals surface area contributed by atoms with Gasteiger partial charge in [-0.05, 0) is 37.1 Å². The van der Waals surface area contributed by atoms with Crippen LogP contribution in [0.4, 0.5) is 0 Å². The van der Waals surface area contributed by atoms with Crippen molar-refractivity contribution in [1.29, 1.82) is 0 Å². The summed E-state index contributed by atoms with van der Waals surface area (Å²) in [5.74, 6) is -1.06. The molecular weight excluding hydrogens is 314 g/mol. The molecule has 1 aromatic carbocycles. The third-order valence-corrected chi connectivity index (χ3v) is 5.67. The number of nitrogens with zero attached hydrogens (tertiary/aromatic N) is 1. The zero-order valence-corrected chi connectivity index (χ0v) is 14.8. The number of carboxylic acid groups (broad SMARTS) is 1. The lowest BCUT2D eigenvalue weighted by Crippen LogP contribution is -2.33. The van der Waals surface area contributed by atoms with E-state index in [1.165, 1.54) is 28.6 Å². The first-order valence-corrected chi connectivity index (χ1v) is 9.71. The Labute approximate surface area is 139 Å². The van der Waals surface area contributed by atoms with E-state index in [-0.39, 0.29) is 10.5 Å². The third kappa shape index (κ3) is 5.95. The highest BCUT2D eigenvalue weighted by Crippen LogP contribution is 2.18. The Morgan fingerprint density at radius 3 is 1.83 bits per heavy atom. The Kier molecular flexibility index (Phi) is 8.26. The molecule has 0 bridgehead atoms. The molecule has 0 heterocycles. The van der Waals surface area contributed by atoms with Crippen LogP contribution in [0.25, 0.3) is 0 Å². The summed E-state index contributed by atoms with van der Waals surface area (Å²) in [5.41, 5.74) is 0.0902. The molecule has 0 atom stereocenters. The number of carbonyl (C=O) groups is 1. The maximum absolute atomic E-state index is 12.8. The molecule has 0 aliphatic carbocycles. The third-order valence-electron chi connectivity index (χ3n) is 3.76. The van der Waals surface area contributed by atoms with Crippen molar-refractivity contribution in [3.8, 4) is 0 Å². The minimum atomic E-state index is -3.56. The highest BCUT2D eigenvalue weighted by Gasteiger charge is 2.23.